The van der Waals surface area contributed by atoms with Crippen molar-refractivity contribution in [1.29, 1.82) is 0 Å². The summed E-state index contributed by atoms with van der Waals surface area (Å²) in [5.41, 5.74) is 0. The maximum absolute atomic E-state index is 10.8. The Hall–Kier alpha value is -0.710. The van der Waals surface area contributed by atoms with Gasteiger partial charge in [-0.05, 0) is 12.2 Å². The molecule has 0 spiro atoms. The van der Waals surface area contributed by atoms with E-state index in [9.17, 15) is 9.59 Å². The minimum Gasteiger partial charge on any atom is -0.480 e. The summed E-state index contributed by atoms with van der Waals surface area (Å²) in [6, 6.07) is -0.787. The molecule has 4 nitrogen and oxygen atoms in total. The van der Waals surface area contributed by atoms with E-state index < -0.39 is 12.0 Å². The van der Waals surface area contributed by atoms with Gasteiger partial charge in [0, 0.05) is 0 Å². The van der Waals surface area contributed by atoms with E-state index in [1.165, 1.54) is 0 Å². The fraction of sp³-hybridized carbons (Fsp3) is 0.714. The fourth-order valence-electron chi connectivity index (χ4n) is 0.699. The van der Waals surface area contributed by atoms with Crippen molar-refractivity contribution in [2.75, 3.05) is 6.26 Å². The summed E-state index contributed by atoms with van der Waals surface area (Å²) >= 11 is 0.975. The molecule has 0 aliphatic carbocycles. The predicted molar refractivity (Wildman–Crippen MR) is 48.3 cm³/mol. The van der Waals surface area contributed by atoms with Crippen molar-refractivity contribution in [1.82, 2.24) is 5.32 Å². The quantitative estimate of drug-likeness (QED) is 0.702. The van der Waals surface area contributed by atoms with Crippen LogP contribution in [0.2, 0.25) is 0 Å². The first kappa shape index (κ1) is 11.3. The van der Waals surface area contributed by atoms with Gasteiger partial charge in [0.1, 0.15) is 6.04 Å². The topological polar surface area (TPSA) is 66.4 Å². The number of carboxylic acid groups (broad SMARTS) is 1. The normalized spacial score (nSPS) is 12.7. The molecule has 0 aromatic rings. The van der Waals surface area contributed by atoms with Crippen LogP contribution >= 0.6 is 11.8 Å². The van der Waals surface area contributed by atoms with Crippen molar-refractivity contribution in [3.63, 3.8) is 0 Å². The molecule has 12 heavy (non-hydrogen) atoms. The standard InChI is InChI=1S/C7H13NO3S/c1-4(2)5(6(9)10)8-7(11)12-3/h4-5H,1-3H3,(H,8,11)(H,9,10)/t5-/m0/s1. The highest BCUT2D eigenvalue weighted by atomic mass is 32.2. The zero-order chi connectivity index (χ0) is 9.72. The molecule has 0 saturated heterocycles. The number of rotatable bonds is 3. The summed E-state index contributed by atoms with van der Waals surface area (Å²) in [6.45, 7) is 3.50. The SMILES string of the molecule is CSC(=O)N[C@H](C(=O)O)C(C)C. The van der Waals surface area contributed by atoms with Crippen LogP contribution in [-0.4, -0.2) is 28.6 Å². The Labute approximate surface area is 75.7 Å². The lowest BCUT2D eigenvalue weighted by molar-refractivity contribution is -0.140. The molecule has 0 radical (unpaired) electrons. The molecule has 5 heteroatoms. The highest BCUT2D eigenvalue weighted by Gasteiger charge is 2.22. The first-order valence-electron chi connectivity index (χ1n) is 3.56. The minimum atomic E-state index is -0.993. The first-order valence-corrected chi connectivity index (χ1v) is 4.78. The Balaban J connectivity index is 4.14. The van der Waals surface area contributed by atoms with E-state index in [0.29, 0.717) is 0 Å². The van der Waals surface area contributed by atoms with Crippen LogP contribution in [0, 0.1) is 5.92 Å². The molecule has 1 amide bonds. The van der Waals surface area contributed by atoms with Crippen molar-refractivity contribution in [2.24, 2.45) is 5.92 Å². The minimum absolute atomic E-state index is 0.0985. The summed E-state index contributed by atoms with van der Waals surface area (Å²) in [5, 5.41) is 10.7. The number of carbonyl (C=O) groups is 2. The summed E-state index contributed by atoms with van der Waals surface area (Å²) in [6.07, 6.45) is 1.61. The molecule has 0 aliphatic rings. The van der Waals surface area contributed by atoms with Gasteiger partial charge in [0.05, 0.1) is 0 Å². The van der Waals surface area contributed by atoms with Crippen LogP contribution in [0.4, 0.5) is 4.79 Å². The molecule has 0 heterocycles. The van der Waals surface area contributed by atoms with E-state index in [2.05, 4.69) is 5.32 Å². The molecule has 0 saturated carbocycles. The number of carbonyl (C=O) groups excluding carboxylic acids is 1. The Morgan fingerprint density at radius 3 is 2.17 bits per heavy atom. The predicted octanol–water partition coefficient (Wildman–Crippen LogP) is 1.17. The monoisotopic (exact) mass is 191 g/mol. The van der Waals surface area contributed by atoms with Gasteiger partial charge in [0.2, 0.25) is 0 Å². The van der Waals surface area contributed by atoms with E-state index in [-0.39, 0.29) is 11.2 Å². The molecule has 0 fully saturated rings. The third-order valence-electron chi connectivity index (χ3n) is 1.39. The highest BCUT2D eigenvalue weighted by molar-refractivity contribution is 8.12. The maximum Gasteiger partial charge on any atom is 0.326 e. The molecule has 2 N–H and O–H groups in total. The van der Waals surface area contributed by atoms with E-state index in [0.717, 1.165) is 11.8 Å². The summed E-state index contributed by atoms with van der Waals surface area (Å²) in [4.78, 5) is 21.4. The van der Waals surface area contributed by atoms with Crippen LogP contribution in [0.25, 0.3) is 0 Å². The largest absolute Gasteiger partial charge is 0.480 e. The van der Waals surface area contributed by atoms with Crippen LogP contribution in [0.3, 0.4) is 0 Å². The Morgan fingerprint density at radius 1 is 1.42 bits per heavy atom. The fourth-order valence-corrected chi connectivity index (χ4v) is 0.944. The lowest BCUT2D eigenvalue weighted by Gasteiger charge is -2.16. The van der Waals surface area contributed by atoms with Gasteiger partial charge in [-0.2, -0.15) is 0 Å². The van der Waals surface area contributed by atoms with Crippen LogP contribution < -0.4 is 5.32 Å². The second-order valence-electron chi connectivity index (χ2n) is 2.70. The molecule has 1 atom stereocenters. The zero-order valence-corrected chi connectivity index (χ0v) is 8.14. The Morgan fingerprint density at radius 2 is 1.92 bits per heavy atom. The van der Waals surface area contributed by atoms with Gasteiger partial charge in [0.25, 0.3) is 5.24 Å². The number of hydrogen-bond acceptors (Lipinski definition) is 3. The number of carboxylic acids is 1. The molecular formula is C7H13NO3S. The lowest BCUT2D eigenvalue weighted by Crippen LogP contribution is -2.42. The number of thioether (sulfide) groups is 1. The van der Waals surface area contributed by atoms with E-state index in [1.807, 2.05) is 0 Å². The smallest absolute Gasteiger partial charge is 0.326 e. The third-order valence-corrected chi connectivity index (χ3v) is 1.88. The van der Waals surface area contributed by atoms with Crippen molar-refractivity contribution in [3.8, 4) is 0 Å². The van der Waals surface area contributed by atoms with Crippen LogP contribution in [0.1, 0.15) is 13.8 Å². The van der Waals surface area contributed by atoms with Gasteiger partial charge in [-0.1, -0.05) is 25.6 Å². The first-order chi connectivity index (χ1) is 5.49. The van der Waals surface area contributed by atoms with Crippen LogP contribution in [0.5, 0.6) is 0 Å². The number of nitrogens with one attached hydrogen (secondary N) is 1. The summed E-state index contributed by atoms with van der Waals surface area (Å²) in [7, 11) is 0. The van der Waals surface area contributed by atoms with Crippen molar-refractivity contribution < 1.29 is 14.7 Å². The molecule has 0 aromatic carbocycles. The average molecular weight is 191 g/mol. The maximum atomic E-state index is 10.8. The van der Waals surface area contributed by atoms with Gasteiger partial charge in [-0.15, -0.1) is 0 Å². The summed E-state index contributed by atoms with van der Waals surface area (Å²) < 4.78 is 0. The van der Waals surface area contributed by atoms with Crippen molar-refractivity contribution >= 4 is 23.0 Å². The molecule has 0 aliphatic heterocycles. The Kier molecular flexibility index (Phi) is 4.73. The molecule has 0 rings (SSSR count). The van der Waals surface area contributed by atoms with Crippen molar-refractivity contribution in [2.45, 2.75) is 19.9 Å². The molecule has 70 valence electrons. The lowest BCUT2D eigenvalue weighted by atomic mass is 10.1. The number of hydrogen-bond donors (Lipinski definition) is 2. The van der Waals surface area contributed by atoms with E-state index >= 15 is 0 Å². The van der Waals surface area contributed by atoms with Gasteiger partial charge in [-0.25, -0.2) is 4.79 Å². The number of aliphatic carboxylic acids is 1. The molecule has 0 aromatic heterocycles. The second-order valence-corrected chi connectivity index (χ2v) is 3.47. The van der Waals surface area contributed by atoms with Gasteiger partial charge in [-0.3, -0.25) is 4.79 Å². The summed E-state index contributed by atoms with van der Waals surface area (Å²) in [5.74, 6) is -1.09. The number of amides is 1. The third kappa shape index (κ3) is 3.61. The van der Waals surface area contributed by atoms with E-state index in [1.54, 1.807) is 20.1 Å². The van der Waals surface area contributed by atoms with Crippen LogP contribution in [0.15, 0.2) is 0 Å². The highest BCUT2D eigenvalue weighted by Crippen LogP contribution is 2.04. The van der Waals surface area contributed by atoms with Gasteiger partial charge < -0.3 is 10.4 Å². The van der Waals surface area contributed by atoms with Crippen LogP contribution in [-0.2, 0) is 4.79 Å². The van der Waals surface area contributed by atoms with Gasteiger partial charge in [0.15, 0.2) is 0 Å². The second kappa shape index (κ2) is 5.03. The zero-order valence-electron chi connectivity index (χ0n) is 7.33. The molecule has 0 unspecified atom stereocenters. The molecule has 0 bridgehead atoms. The van der Waals surface area contributed by atoms with E-state index in [4.69, 9.17) is 5.11 Å². The average Bonchev–Trinajstić information content (AvgIpc) is 1.98. The van der Waals surface area contributed by atoms with Crippen molar-refractivity contribution in [3.05, 3.63) is 0 Å². The molecular weight excluding hydrogens is 178 g/mol. The Bertz CT molecular complexity index is 181. The van der Waals surface area contributed by atoms with Gasteiger partial charge >= 0.3 is 5.97 Å².